The second-order valence-corrected chi connectivity index (χ2v) is 5.99. The first-order valence-corrected chi connectivity index (χ1v) is 7.04. The Balaban J connectivity index is 1.84. The fourth-order valence-electron chi connectivity index (χ4n) is 3.42. The van der Waals surface area contributed by atoms with Crippen LogP contribution in [0.5, 0.6) is 0 Å². The number of ether oxygens (including phenoxy) is 1. The van der Waals surface area contributed by atoms with Crippen LogP contribution in [0.4, 0.5) is 8.78 Å². The monoisotopic (exact) mass is 313 g/mol. The Kier molecular flexibility index (Phi) is 5.19. The first-order valence-electron chi connectivity index (χ1n) is 6.29. The van der Waals surface area contributed by atoms with Gasteiger partial charge in [0.15, 0.2) is 0 Å². The van der Waals surface area contributed by atoms with Crippen LogP contribution in [0.15, 0.2) is 0 Å². The van der Waals surface area contributed by atoms with Gasteiger partial charge in [0.2, 0.25) is 0 Å². The molecule has 0 spiro atoms. The minimum absolute atomic E-state index is 0.00375. The summed E-state index contributed by atoms with van der Waals surface area (Å²) in [4.78, 5) is 11.2. The molecule has 2 aliphatic carbocycles. The van der Waals surface area contributed by atoms with Crippen molar-refractivity contribution in [2.24, 2.45) is 23.7 Å². The van der Waals surface area contributed by atoms with E-state index >= 15 is 0 Å². The second-order valence-electron chi connectivity index (χ2n) is 5.18. The molecule has 0 aliphatic heterocycles. The van der Waals surface area contributed by atoms with E-state index in [0.29, 0.717) is 11.8 Å². The molecule has 2 saturated carbocycles. The minimum atomic E-state index is -4.00. The molecule has 2 aliphatic rings. The van der Waals surface area contributed by atoms with Crippen LogP contribution in [0, 0.1) is 23.7 Å². The Morgan fingerprint density at radius 1 is 1.35 bits per heavy atom. The lowest BCUT2D eigenvalue weighted by atomic mass is 9.80. The summed E-state index contributed by atoms with van der Waals surface area (Å²) in [6.45, 7) is -0.179. The smallest absolute Gasteiger partial charge is 0.415 e. The number of aliphatic hydroxyl groups excluding tert-OH is 1. The zero-order valence-electron chi connectivity index (χ0n) is 10.5. The predicted molar refractivity (Wildman–Crippen MR) is 60.6 cm³/mol. The summed E-state index contributed by atoms with van der Waals surface area (Å²) < 4.78 is 34.3. The van der Waals surface area contributed by atoms with E-state index in [1.165, 1.54) is 0 Å². The third-order valence-corrected chi connectivity index (χ3v) is 4.80. The number of hydrogen-bond acceptors (Lipinski definition) is 7. The highest BCUT2D eigenvalue weighted by atomic mass is 32.2. The van der Waals surface area contributed by atoms with Crippen LogP contribution in [0.3, 0.4) is 0 Å². The van der Waals surface area contributed by atoms with Gasteiger partial charge in [-0.25, -0.2) is 4.79 Å². The molecule has 2 fully saturated rings. The molecule has 0 heterocycles. The third kappa shape index (κ3) is 3.22. The van der Waals surface area contributed by atoms with Crippen molar-refractivity contribution in [3.8, 4) is 0 Å². The van der Waals surface area contributed by atoms with E-state index in [0.717, 1.165) is 19.3 Å². The number of aliphatic hydroxyl groups is 1. The van der Waals surface area contributed by atoms with Crippen molar-refractivity contribution in [3.05, 3.63) is 0 Å². The maximum Gasteiger partial charge on any atom is 0.415 e. The van der Waals surface area contributed by atoms with E-state index in [1.54, 1.807) is 0 Å². The highest BCUT2D eigenvalue weighted by molar-refractivity contribution is 7.96. The summed E-state index contributed by atoms with van der Waals surface area (Å²) in [5.74, 6) is -1.16. The summed E-state index contributed by atoms with van der Waals surface area (Å²) in [6.07, 6.45) is 2.95. The summed E-state index contributed by atoms with van der Waals surface area (Å²) in [5, 5.41) is 17.6. The van der Waals surface area contributed by atoms with E-state index < -0.39 is 23.3 Å². The van der Waals surface area contributed by atoms with Gasteiger partial charge in [0, 0.05) is 12.5 Å². The van der Waals surface area contributed by atoms with Gasteiger partial charge in [-0.05, 0) is 37.0 Å². The minimum Gasteiger partial charge on any atom is -0.691 e. The fraction of sp³-hybridized carbons (Fsp3) is 0.909. The number of carbonyl (C=O) groups excluding carboxylic acids is 1. The number of alkyl halides is 2. The molecule has 6 nitrogen and oxygen atoms in total. The normalized spacial score (nSPS) is 32.6. The quantitative estimate of drug-likeness (QED) is 0.319. The van der Waals surface area contributed by atoms with Gasteiger partial charge >= 0.3 is 11.2 Å². The number of rotatable bonds is 7. The van der Waals surface area contributed by atoms with Gasteiger partial charge in [-0.3, -0.25) is 5.04 Å². The van der Waals surface area contributed by atoms with Gasteiger partial charge in [-0.2, -0.15) is 13.1 Å². The molecule has 0 saturated heterocycles. The lowest BCUT2D eigenvalue weighted by Gasteiger charge is -2.29. The Bertz CT molecular complexity index is 356. The molecule has 0 aromatic carbocycles. The van der Waals surface area contributed by atoms with E-state index in [9.17, 15) is 23.9 Å². The molecular formula is C11H15F2O6S-. The highest BCUT2D eigenvalue weighted by Crippen LogP contribution is 2.52. The molecule has 0 aromatic heterocycles. The van der Waals surface area contributed by atoms with Crippen molar-refractivity contribution in [1.82, 2.24) is 0 Å². The molecule has 4 unspecified atom stereocenters. The summed E-state index contributed by atoms with van der Waals surface area (Å²) in [5.41, 5.74) is 0. The number of halogens is 2. The number of fused-ring (bicyclic) bond motifs is 2. The Labute approximate surface area is 118 Å². The van der Waals surface area contributed by atoms with E-state index in [2.05, 4.69) is 14.1 Å². The Morgan fingerprint density at radius 3 is 2.60 bits per heavy atom. The van der Waals surface area contributed by atoms with Crippen molar-refractivity contribution in [3.63, 3.8) is 0 Å². The molecule has 1 N–H and O–H groups in total. The molecule has 4 atom stereocenters. The van der Waals surface area contributed by atoms with Crippen LogP contribution >= 0.6 is 12.0 Å². The van der Waals surface area contributed by atoms with Gasteiger partial charge in [0.25, 0.3) is 0 Å². The van der Waals surface area contributed by atoms with Crippen LogP contribution in [0.1, 0.15) is 19.3 Å². The van der Waals surface area contributed by atoms with Crippen LogP contribution in [0.2, 0.25) is 0 Å². The zero-order chi connectivity index (χ0) is 14.8. The van der Waals surface area contributed by atoms with E-state index in [-0.39, 0.29) is 25.0 Å². The largest absolute Gasteiger partial charge is 0.691 e. The zero-order valence-corrected chi connectivity index (χ0v) is 11.3. The molecule has 9 heteroatoms. The van der Waals surface area contributed by atoms with Gasteiger partial charge in [0.05, 0.1) is 6.61 Å². The van der Waals surface area contributed by atoms with Crippen LogP contribution in [-0.4, -0.2) is 29.5 Å². The molecule has 0 amide bonds. The van der Waals surface area contributed by atoms with Gasteiger partial charge in [0.1, 0.15) is 12.0 Å². The van der Waals surface area contributed by atoms with Gasteiger partial charge in [-0.1, -0.05) is 0 Å². The average Bonchev–Trinajstić information content (AvgIpc) is 3.02. The first kappa shape index (κ1) is 15.9. The lowest BCUT2D eigenvalue weighted by molar-refractivity contribution is -0.777. The first-order chi connectivity index (χ1) is 9.49. The van der Waals surface area contributed by atoms with Crippen LogP contribution in [0.25, 0.3) is 0 Å². The van der Waals surface area contributed by atoms with Crippen molar-refractivity contribution in [2.45, 2.75) is 24.5 Å². The summed E-state index contributed by atoms with van der Waals surface area (Å²) in [7, 11) is 0. The molecule has 0 aromatic rings. The standard InChI is InChI=1S/C11H16F2O6S/c12-11(13,20-19-18-16)10(15)17-5-9-7-2-1-6(3-7)8(9)4-14/h6-9,14,16H,1-5H2/p-1. The second kappa shape index (κ2) is 6.52. The van der Waals surface area contributed by atoms with Gasteiger partial charge in [-0.15, -0.1) is 0 Å². The molecule has 2 rings (SSSR count). The fourth-order valence-corrected chi connectivity index (χ4v) is 3.66. The summed E-state index contributed by atoms with van der Waals surface area (Å²) >= 11 is -0.701. The third-order valence-electron chi connectivity index (χ3n) is 4.30. The molecule has 0 radical (unpaired) electrons. The van der Waals surface area contributed by atoms with E-state index in [4.69, 9.17) is 0 Å². The topological polar surface area (TPSA) is 88.1 Å². The maximum absolute atomic E-state index is 13.1. The van der Waals surface area contributed by atoms with Gasteiger partial charge < -0.3 is 15.1 Å². The highest BCUT2D eigenvalue weighted by Gasteiger charge is 2.49. The number of esters is 1. The molecule has 116 valence electrons. The molecular weight excluding hydrogens is 298 g/mol. The van der Waals surface area contributed by atoms with Crippen molar-refractivity contribution < 1.29 is 38.0 Å². The predicted octanol–water partition coefficient (Wildman–Crippen LogP) is 0.649. The lowest BCUT2D eigenvalue weighted by Crippen LogP contribution is -2.34. The Morgan fingerprint density at radius 2 is 2.00 bits per heavy atom. The SMILES string of the molecule is O=C(OCC1C2CCC(C2)C1CO)C(F)(F)SOO[O-]. The summed E-state index contributed by atoms with van der Waals surface area (Å²) in [6, 6.07) is 0. The average molecular weight is 313 g/mol. The molecule has 20 heavy (non-hydrogen) atoms. The van der Waals surface area contributed by atoms with Crippen LogP contribution in [-0.2, 0) is 18.9 Å². The van der Waals surface area contributed by atoms with Crippen molar-refractivity contribution in [1.29, 1.82) is 0 Å². The number of hydrogen-bond donors (Lipinski definition) is 1. The van der Waals surface area contributed by atoms with E-state index in [1.807, 2.05) is 0 Å². The number of carbonyl (C=O) groups is 1. The Hall–Kier alpha value is -0.480. The van der Waals surface area contributed by atoms with Crippen molar-refractivity contribution >= 4 is 18.0 Å². The molecule has 2 bridgehead atoms. The van der Waals surface area contributed by atoms with Crippen molar-refractivity contribution in [2.75, 3.05) is 13.2 Å². The van der Waals surface area contributed by atoms with Crippen LogP contribution < -0.4 is 5.26 Å². The maximum atomic E-state index is 13.1.